The second-order valence-corrected chi connectivity index (χ2v) is 4.26. The average Bonchev–Trinajstić information content (AvgIpc) is 2.35. The van der Waals surface area contributed by atoms with Gasteiger partial charge in [-0.15, -0.1) is 0 Å². The molecule has 0 spiro atoms. The molecular weight excluding hydrogens is 252 g/mol. The zero-order valence-corrected chi connectivity index (χ0v) is 10.4. The maximum atomic E-state index is 11.9. The van der Waals surface area contributed by atoms with Gasteiger partial charge in [-0.05, 0) is 30.3 Å². The van der Waals surface area contributed by atoms with Gasteiger partial charge in [-0.2, -0.15) is 0 Å². The van der Waals surface area contributed by atoms with Gasteiger partial charge < -0.3 is 9.88 Å². The van der Waals surface area contributed by atoms with Gasteiger partial charge in [0, 0.05) is 35.6 Å². The number of nitrogens with one attached hydrogen (secondary N) is 1. The minimum Gasteiger partial charge on any atom is -0.322 e. The number of hydrogen-bond acceptors (Lipinski definition) is 2. The van der Waals surface area contributed by atoms with Crippen LogP contribution >= 0.6 is 11.6 Å². The SMILES string of the molecule is Cn1ccc(C(=O)Nc2ccc(Cl)cc2)cc1=O. The molecule has 1 amide bonds. The molecule has 0 aliphatic rings. The van der Waals surface area contributed by atoms with Crippen molar-refractivity contribution in [3.63, 3.8) is 0 Å². The number of amides is 1. The highest BCUT2D eigenvalue weighted by molar-refractivity contribution is 6.30. The van der Waals surface area contributed by atoms with Crippen LogP contribution in [-0.4, -0.2) is 10.5 Å². The topological polar surface area (TPSA) is 51.1 Å². The van der Waals surface area contributed by atoms with Crippen LogP contribution in [-0.2, 0) is 7.05 Å². The molecule has 1 heterocycles. The molecule has 0 saturated carbocycles. The lowest BCUT2D eigenvalue weighted by atomic mass is 10.2. The number of carbonyl (C=O) groups excluding carboxylic acids is 1. The van der Waals surface area contributed by atoms with Crippen LogP contribution in [0.25, 0.3) is 0 Å². The van der Waals surface area contributed by atoms with E-state index in [1.807, 2.05) is 0 Å². The molecule has 0 unspecified atom stereocenters. The van der Waals surface area contributed by atoms with Crippen LogP contribution in [0.2, 0.25) is 5.02 Å². The average molecular weight is 263 g/mol. The van der Waals surface area contributed by atoms with Gasteiger partial charge in [0.1, 0.15) is 0 Å². The largest absolute Gasteiger partial charge is 0.322 e. The lowest BCUT2D eigenvalue weighted by molar-refractivity contribution is 0.102. The fraction of sp³-hybridized carbons (Fsp3) is 0.0769. The van der Waals surface area contributed by atoms with E-state index in [1.54, 1.807) is 43.6 Å². The molecule has 1 aromatic carbocycles. The first-order valence-electron chi connectivity index (χ1n) is 5.30. The van der Waals surface area contributed by atoms with Gasteiger partial charge in [0.05, 0.1) is 0 Å². The van der Waals surface area contributed by atoms with Crippen LogP contribution in [0.15, 0.2) is 47.4 Å². The predicted octanol–water partition coefficient (Wildman–Crippen LogP) is 2.29. The lowest BCUT2D eigenvalue weighted by Crippen LogP contribution is -2.19. The van der Waals surface area contributed by atoms with Crippen LogP contribution in [0.3, 0.4) is 0 Å². The van der Waals surface area contributed by atoms with Gasteiger partial charge in [-0.3, -0.25) is 9.59 Å². The summed E-state index contributed by atoms with van der Waals surface area (Å²) in [7, 11) is 1.63. The minimum absolute atomic E-state index is 0.223. The minimum atomic E-state index is -0.324. The van der Waals surface area contributed by atoms with Crippen LogP contribution in [0.1, 0.15) is 10.4 Å². The summed E-state index contributed by atoms with van der Waals surface area (Å²) in [5.74, 6) is -0.324. The molecule has 18 heavy (non-hydrogen) atoms. The summed E-state index contributed by atoms with van der Waals surface area (Å²) >= 11 is 5.75. The maximum absolute atomic E-state index is 11.9. The molecule has 1 N–H and O–H groups in total. The van der Waals surface area contributed by atoms with Crippen molar-refractivity contribution in [3.8, 4) is 0 Å². The molecule has 2 aromatic rings. The Hall–Kier alpha value is -2.07. The van der Waals surface area contributed by atoms with Crippen molar-refractivity contribution in [2.24, 2.45) is 7.05 Å². The number of hydrogen-bond donors (Lipinski definition) is 1. The third-order valence-corrected chi connectivity index (χ3v) is 2.72. The number of anilines is 1. The Morgan fingerprint density at radius 1 is 1.22 bits per heavy atom. The number of aryl methyl sites for hydroxylation is 1. The standard InChI is InChI=1S/C13H11ClN2O2/c1-16-7-6-9(8-12(16)17)13(18)15-11-4-2-10(14)3-5-11/h2-8H,1H3,(H,15,18). The van der Waals surface area contributed by atoms with Gasteiger partial charge in [0.15, 0.2) is 0 Å². The molecule has 0 fully saturated rings. The van der Waals surface area contributed by atoms with Crippen molar-refractivity contribution in [2.75, 3.05) is 5.32 Å². The maximum Gasteiger partial charge on any atom is 0.255 e. The van der Waals surface area contributed by atoms with Gasteiger partial charge in [0.2, 0.25) is 0 Å². The highest BCUT2D eigenvalue weighted by Gasteiger charge is 2.07. The Morgan fingerprint density at radius 3 is 2.50 bits per heavy atom. The van der Waals surface area contributed by atoms with Gasteiger partial charge in [-0.25, -0.2) is 0 Å². The predicted molar refractivity (Wildman–Crippen MR) is 71.1 cm³/mol. The number of nitrogens with zero attached hydrogens (tertiary/aromatic N) is 1. The summed E-state index contributed by atoms with van der Waals surface area (Å²) in [6.07, 6.45) is 1.55. The molecule has 0 atom stereocenters. The number of rotatable bonds is 2. The molecular formula is C13H11ClN2O2. The van der Waals surface area contributed by atoms with E-state index in [9.17, 15) is 9.59 Å². The molecule has 92 valence electrons. The van der Waals surface area contributed by atoms with Crippen molar-refractivity contribution in [2.45, 2.75) is 0 Å². The van der Waals surface area contributed by atoms with E-state index < -0.39 is 0 Å². The number of pyridine rings is 1. The van der Waals surface area contributed by atoms with Gasteiger partial charge in [0.25, 0.3) is 11.5 Å². The van der Waals surface area contributed by atoms with E-state index in [2.05, 4.69) is 5.32 Å². The molecule has 0 aliphatic carbocycles. The molecule has 5 heteroatoms. The fourth-order valence-electron chi connectivity index (χ4n) is 1.43. The van der Waals surface area contributed by atoms with Crippen molar-refractivity contribution < 1.29 is 4.79 Å². The highest BCUT2D eigenvalue weighted by Crippen LogP contribution is 2.14. The Bertz CT molecular complexity index is 632. The molecule has 0 radical (unpaired) electrons. The summed E-state index contributed by atoms with van der Waals surface area (Å²) < 4.78 is 1.40. The molecule has 0 bridgehead atoms. The van der Waals surface area contributed by atoms with E-state index in [0.29, 0.717) is 16.3 Å². The monoisotopic (exact) mass is 262 g/mol. The van der Waals surface area contributed by atoms with Crippen molar-refractivity contribution in [1.29, 1.82) is 0 Å². The number of halogens is 1. The number of aromatic nitrogens is 1. The van der Waals surface area contributed by atoms with E-state index in [1.165, 1.54) is 10.6 Å². The summed E-state index contributed by atoms with van der Waals surface area (Å²) in [5, 5.41) is 3.29. The first kappa shape index (κ1) is 12.4. The molecule has 1 aromatic heterocycles. The van der Waals surface area contributed by atoms with E-state index in [0.717, 1.165) is 0 Å². The first-order valence-corrected chi connectivity index (χ1v) is 5.67. The van der Waals surface area contributed by atoms with E-state index in [4.69, 9.17) is 11.6 Å². The Balaban J connectivity index is 2.19. The summed E-state index contributed by atoms with van der Waals surface area (Å²) in [6, 6.07) is 9.64. The van der Waals surface area contributed by atoms with Crippen molar-refractivity contribution in [3.05, 3.63) is 63.5 Å². The van der Waals surface area contributed by atoms with Crippen LogP contribution in [0.4, 0.5) is 5.69 Å². The second kappa shape index (κ2) is 5.06. The highest BCUT2D eigenvalue weighted by atomic mass is 35.5. The summed E-state index contributed by atoms with van der Waals surface area (Å²) in [6.45, 7) is 0. The Labute approximate surface area is 109 Å². The van der Waals surface area contributed by atoms with E-state index >= 15 is 0 Å². The van der Waals surface area contributed by atoms with Crippen molar-refractivity contribution >= 4 is 23.2 Å². The molecule has 4 nitrogen and oxygen atoms in total. The van der Waals surface area contributed by atoms with Crippen LogP contribution in [0.5, 0.6) is 0 Å². The molecule has 0 saturated heterocycles. The van der Waals surface area contributed by atoms with E-state index in [-0.39, 0.29) is 11.5 Å². The fourth-order valence-corrected chi connectivity index (χ4v) is 1.55. The zero-order chi connectivity index (χ0) is 13.1. The summed E-state index contributed by atoms with van der Waals surface area (Å²) in [4.78, 5) is 23.3. The summed E-state index contributed by atoms with van der Waals surface area (Å²) in [5.41, 5.74) is 0.733. The third kappa shape index (κ3) is 2.78. The quantitative estimate of drug-likeness (QED) is 0.903. The molecule has 0 aliphatic heterocycles. The van der Waals surface area contributed by atoms with Gasteiger partial charge in [-0.1, -0.05) is 11.6 Å². The lowest BCUT2D eigenvalue weighted by Gasteiger charge is -2.05. The smallest absolute Gasteiger partial charge is 0.255 e. The third-order valence-electron chi connectivity index (χ3n) is 2.47. The van der Waals surface area contributed by atoms with Crippen LogP contribution in [0, 0.1) is 0 Å². The second-order valence-electron chi connectivity index (χ2n) is 3.83. The zero-order valence-electron chi connectivity index (χ0n) is 9.68. The van der Waals surface area contributed by atoms with Crippen LogP contribution < -0.4 is 10.9 Å². The Morgan fingerprint density at radius 2 is 1.89 bits per heavy atom. The number of benzene rings is 1. The number of carbonyl (C=O) groups is 1. The van der Waals surface area contributed by atoms with Gasteiger partial charge >= 0.3 is 0 Å². The normalized spacial score (nSPS) is 10.1. The first-order chi connectivity index (χ1) is 8.56. The van der Waals surface area contributed by atoms with Crippen molar-refractivity contribution in [1.82, 2.24) is 4.57 Å². The molecule has 2 rings (SSSR count). The Kier molecular flexibility index (Phi) is 3.48.